The maximum Gasteiger partial charge on any atom is 0.262 e. The number of benzene rings is 1. The summed E-state index contributed by atoms with van der Waals surface area (Å²) >= 11 is 0. The van der Waals surface area contributed by atoms with E-state index >= 15 is 0 Å². The summed E-state index contributed by atoms with van der Waals surface area (Å²) < 4.78 is 13.5. The molecule has 32 heavy (non-hydrogen) atoms. The number of carbonyl (C=O) groups excluding carboxylic acids is 4. The molecule has 3 rings (SSSR count). The average Bonchev–Trinajstić information content (AvgIpc) is 3.21. The van der Waals surface area contributed by atoms with Gasteiger partial charge in [0.15, 0.2) is 0 Å². The SMILES string of the molecule is CCNC(=O)c1c(C)[nH]c(/C=C2\C(=O)Nc3ccc(F)cc32)c1C.O=CNCC(=O)NO. The molecule has 1 aromatic carbocycles. The van der Waals surface area contributed by atoms with Gasteiger partial charge in [-0.1, -0.05) is 0 Å². The Morgan fingerprint density at radius 2 is 1.97 bits per heavy atom. The van der Waals surface area contributed by atoms with Gasteiger partial charge in [-0.05, 0) is 50.6 Å². The van der Waals surface area contributed by atoms with Crippen LogP contribution in [-0.2, 0) is 14.4 Å². The zero-order valence-corrected chi connectivity index (χ0v) is 17.8. The molecule has 11 heteroatoms. The van der Waals surface area contributed by atoms with Crippen LogP contribution in [0.25, 0.3) is 11.6 Å². The molecule has 1 aliphatic rings. The Hall–Kier alpha value is -3.99. The van der Waals surface area contributed by atoms with Crippen molar-refractivity contribution in [3.63, 3.8) is 0 Å². The maximum atomic E-state index is 13.5. The van der Waals surface area contributed by atoms with Crippen molar-refractivity contribution in [2.24, 2.45) is 0 Å². The summed E-state index contributed by atoms with van der Waals surface area (Å²) in [5, 5.41) is 15.3. The van der Waals surface area contributed by atoms with Crippen molar-refractivity contribution in [2.75, 3.05) is 18.4 Å². The molecule has 0 spiro atoms. The first kappa shape index (κ1) is 24.3. The number of halogens is 1. The molecule has 1 aromatic heterocycles. The van der Waals surface area contributed by atoms with Crippen LogP contribution in [0, 0.1) is 19.7 Å². The zero-order valence-electron chi connectivity index (χ0n) is 17.8. The molecule has 0 radical (unpaired) electrons. The number of rotatable bonds is 6. The van der Waals surface area contributed by atoms with E-state index < -0.39 is 11.7 Å². The minimum atomic E-state index is -0.642. The Bertz CT molecular complexity index is 1080. The van der Waals surface area contributed by atoms with Crippen LogP contribution in [0.3, 0.4) is 0 Å². The number of nitrogens with one attached hydrogen (secondary N) is 5. The number of carbonyl (C=O) groups is 4. The lowest BCUT2D eigenvalue weighted by Gasteiger charge is -2.02. The first-order valence-corrected chi connectivity index (χ1v) is 9.63. The largest absolute Gasteiger partial charge is 0.358 e. The lowest BCUT2D eigenvalue weighted by molar-refractivity contribution is -0.129. The lowest BCUT2D eigenvalue weighted by Crippen LogP contribution is -2.30. The van der Waals surface area contributed by atoms with E-state index in [1.165, 1.54) is 23.7 Å². The first-order valence-electron chi connectivity index (χ1n) is 9.63. The molecule has 0 aliphatic carbocycles. The van der Waals surface area contributed by atoms with Gasteiger partial charge in [0.25, 0.3) is 17.7 Å². The molecule has 4 amide bonds. The minimum Gasteiger partial charge on any atom is -0.358 e. The van der Waals surface area contributed by atoms with Gasteiger partial charge < -0.3 is 20.9 Å². The smallest absolute Gasteiger partial charge is 0.262 e. The second-order valence-corrected chi connectivity index (χ2v) is 6.76. The maximum absolute atomic E-state index is 13.5. The summed E-state index contributed by atoms with van der Waals surface area (Å²) in [6.07, 6.45) is 2.03. The van der Waals surface area contributed by atoms with Gasteiger partial charge in [0.1, 0.15) is 5.82 Å². The number of hydrogen-bond donors (Lipinski definition) is 6. The fraction of sp³-hybridized carbons (Fsp3) is 0.238. The van der Waals surface area contributed by atoms with E-state index in [2.05, 4.69) is 15.6 Å². The van der Waals surface area contributed by atoms with Crippen molar-refractivity contribution in [1.82, 2.24) is 21.1 Å². The molecule has 10 nitrogen and oxygen atoms in total. The van der Waals surface area contributed by atoms with Gasteiger partial charge in [-0.25, -0.2) is 9.87 Å². The van der Waals surface area contributed by atoms with Crippen LogP contribution in [0.4, 0.5) is 10.1 Å². The van der Waals surface area contributed by atoms with Crippen molar-refractivity contribution < 1.29 is 28.8 Å². The Kier molecular flexibility index (Phi) is 8.24. The van der Waals surface area contributed by atoms with Gasteiger partial charge >= 0.3 is 0 Å². The monoisotopic (exact) mass is 445 g/mol. The van der Waals surface area contributed by atoms with E-state index in [9.17, 15) is 23.6 Å². The van der Waals surface area contributed by atoms with Crippen LogP contribution in [0.15, 0.2) is 18.2 Å². The predicted octanol–water partition coefficient (Wildman–Crippen LogP) is 1.25. The fourth-order valence-electron chi connectivity index (χ4n) is 3.13. The third kappa shape index (κ3) is 5.58. The molecule has 6 N–H and O–H groups in total. The number of amides is 4. The molecular formula is C21H24FN5O5. The number of hydroxylamine groups is 1. The van der Waals surface area contributed by atoms with Crippen molar-refractivity contribution in [3.8, 4) is 0 Å². The standard InChI is InChI=1S/C18H18FN3O2.C3H6N2O3/c1-4-20-18(24)16-9(2)15(21-10(16)3)8-13-12-7-11(19)5-6-14(12)22-17(13)23;6-2-4-1-3(7)5-8/h5-8,21H,4H2,1-3H3,(H,20,24)(H,22,23);2,8H,1H2,(H,4,6)(H,5,7)/b13-8-;. The highest BCUT2D eigenvalue weighted by Gasteiger charge is 2.26. The van der Waals surface area contributed by atoms with Crippen LogP contribution < -0.4 is 21.4 Å². The van der Waals surface area contributed by atoms with Crippen molar-refractivity contribution >= 4 is 41.5 Å². The number of aryl methyl sites for hydroxylation is 1. The van der Waals surface area contributed by atoms with Gasteiger partial charge in [0.05, 0.1) is 17.7 Å². The van der Waals surface area contributed by atoms with Gasteiger partial charge in [-0.3, -0.25) is 24.4 Å². The number of aromatic nitrogens is 1. The van der Waals surface area contributed by atoms with Crippen molar-refractivity contribution in [1.29, 1.82) is 0 Å². The number of anilines is 1. The number of aromatic amines is 1. The first-order chi connectivity index (χ1) is 15.2. The summed E-state index contributed by atoms with van der Waals surface area (Å²) in [7, 11) is 0. The van der Waals surface area contributed by atoms with Crippen LogP contribution in [0.2, 0.25) is 0 Å². The van der Waals surface area contributed by atoms with Crippen LogP contribution in [0.5, 0.6) is 0 Å². The Balaban J connectivity index is 0.000000390. The highest BCUT2D eigenvalue weighted by molar-refractivity contribution is 6.34. The molecule has 0 fully saturated rings. The van der Waals surface area contributed by atoms with Crippen LogP contribution in [0.1, 0.15) is 39.8 Å². The van der Waals surface area contributed by atoms with Crippen LogP contribution >= 0.6 is 0 Å². The summed E-state index contributed by atoms with van der Waals surface area (Å²) in [6, 6.07) is 4.17. The normalized spacial score (nSPS) is 12.9. The second-order valence-electron chi connectivity index (χ2n) is 6.76. The number of hydrogen-bond acceptors (Lipinski definition) is 5. The summed E-state index contributed by atoms with van der Waals surface area (Å²) in [4.78, 5) is 46.9. The minimum absolute atomic E-state index is 0.157. The van der Waals surface area contributed by atoms with E-state index in [1.54, 1.807) is 6.08 Å². The number of H-pyrrole nitrogens is 1. The average molecular weight is 445 g/mol. The van der Waals surface area contributed by atoms with Crippen molar-refractivity contribution in [3.05, 3.63) is 52.1 Å². The summed E-state index contributed by atoms with van der Waals surface area (Å²) in [5.74, 6) is -1.49. The Morgan fingerprint density at radius 3 is 2.59 bits per heavy atom. The molecule has 170 valence electrons. The molecule has 2 aromatic rings. The molecule has 0 unspecified atom stereocenters. The van der Waals surface area contributed by atoms with E-state index in [0.717, 1.165) is 11.3 Å². The van der Waals surface area contributed by atoms with Gasteiger partial charge in [-0.2, -0.15) is 0 Å². The molecule has 2 heterocycles. The third-order valence-electron chi connectivity index (χ3n) is 4.56. The lowest BCUT2D eigenvalue weighted by atomic mass is 10.0. The van der Waals surface area contributed by atoms with Crippen molar-refractivity contribution in [2.45, 2.75) is 20.8 Å². The second kappa shape index (κ2) is 10.9. The van der Waals surface area contributed by atoms with E-state index in [0.29, 0.717) is 41.0 Å². The van der Waals surface area contributed by atoms with Gasteiger partial charge in [0, 0.05) is 29.2 Å². The van der Waals surface area contributed by atoms with Gasteiger partial charge in [-0.15, -0.1) is 0 Å². The van der Waals surface area contributed by atoms with Crippen LogP contribution in [-0.4, -0.2) is 47.4 Å². The third-order valence-corrected chi connectivity index (χ3v) is 4.56. The molecule has 0 atom stereocenters. The zero-order chi connectivity index (χ0) is 23.8. The van der Waals surface area contributed by atoms with Gasteiger partial charge in [0.2, 0.25) is 6.41 Å². The fourth-order valence-corrected chi connectivity index (χ4v) is 3.13. The molecule has 1 aliphatic heterocycles. The molecular weight excluding hydrogens is 421 g/mol. The number of fused-ring (bicyclic) bond motifs is 1. The highest BCUT2D eigenvalue weighted by Crippen LogP contribution is 2.34. The highest BCUT2D eigenvalue weighted by atomic mass is 19.1. The quantitative estimate of drug-likeness (QED) is 0.171. The summed E-state index contributed by atoms with van der Waals surface area (Å²) in [5.41, 5.74) is 5.52. The predicted molar refractivity (Wildman–Crippen MR) is 115 cm³/mol. The topological polar surface area (TPSA) is 152 Å². The molecule has 0 saturated heterocycles. The molecule has 0 bridgehead atoms. The van der Waals surface area contributed by atoms with E-state index in [4.69, 9.17) is 5.21 Å². The Labute approximate surface area is 183 Å². The van der Waals surface area contributed by atoms with E-state index in [1.807, 2.05) is 26.1 Å². The Morgan fingerprint density at radius 1 is 1.25 bits per heavy atom. The summed E-state index contributed by atoms with van der Waals surface area (Å²) in [6.45, 7) is 5.82. The van der Waals surface area contributed by atoms with E-state index in [-0.39, 0.29) is 18.4 Å². The molecule has 0 saturated carbocycles.